The van der Waals surface area contributed by atoms with Crippen LogP contribution in [-0.2, 0) is 16.9 Å². The van der Waals surface area contributed by atoms with Gasteiger partial charge in [-0.05, 0) is 36.8 Å². The normalized spacial score (nSPS) is 20.4. The molecule has 1 heterocycles. The maximum atomic E-state index is 12.9. The van der Waals surface area contributed by atoms with Crippen LogP contribution < -0.4 is 5.32 Å². The van der Waals surface area contributed by atoms with Gasteiger partial charge in [0.05, 0.1) is 6.54 Å². The van der Waals surface area contributed by atoms with Crippen LogP contribution in [0.3, 0.4) is 0 Å². The number of hydrogen-bond acceptors (Lipinski definition) is 2. The van der Waals surface area contributed by atoms with Crippen molar-refractivity contribution in [1.82, 2.24) is 10.2 Å². The van der Waals surface area contributed by atoms with E-state index in [-0.39, 0.29) is 12.5 Å². The Hall–Kier alpha value is -1.56. The van der Waals surface area contributed by atoms with Gasteiger partial charge in [-0.2, -0.15) is 0 Å². The standard InChI is InChI=1S/C17H13BrCl2N2O2/c1-17(13-7-6-12(19)8-14(13)20)15(23)22(16(24)21-17)9-10-2-4-11(18)5-3-10/h2-8H,9H2,1H3,(H,21,24). The minimum Gasteiger partial charge on any atom is -0.319 e. The van der Waals surface area contributed by atoms with Gasteiger partial charge in [0.25, 0.3) is 5.91 Å². The molecule has 1 aliphatic heterocycles. The zero-order valence-corrected chi connectivity index (χ0v) is 15.7. The van der Waals surface area contributed by atoms with Crippen molar-refractivity contribution in [2.75, 3.05) is 0 Å². The van der Waals surface area contributed by atoms with Crippen LogP contribution in [-0.4, -0.2) is 16.8 Å². The highest BCUT2D eigenvalue weighted by molar-refractivity contribution is 9.10. The van der Waals surface area contributed by atoms with E-state index in [0.717, 1.165) is 10.0 Å². The van der Waals surface area contributed by atoms with Crippen LogP contribution in [0.15, 0.2) is 46.9 Å². The number of carbonyl (C=O) groups excluding carboxylic acids is 2. The second-order valence-electron chi connectivity index (χ2n) is 5.70. The van der Waals surface area contributed by atoms with Crippen LogP contribution in [0.5, 0.6) is 0 Å². The topological polar surface area (TPSA) is 49.4 Å². The SMILES string of the molecule is CC1(c2ccc(Cl)cc2Cl)NC(=O)N(Cc2ccc(Br)cc2)C1=O. The summed E-state index contributed by atoms with van der Waals surface area (Å²) in [7, 11) is 0. The molecule has 1 unspecified atom stereocenters. The Balaban J connectivity index is 1.91. The highest BCUT2D eigenvalue weighted by Crippen LogP contribution is 2.35. The molecule has 0 saturated carbocycles. The van der Waals surface area contributed by atoms with Crippen molar-refractivity contribution >= 4 is 51.1 Å². The molecule has 1 atom stereocenters. The van der Waals surface area contributed by atoms with E-state index in [1.54, 1.807) is 25.1 Å². The molecule has 2 aromatic carbocycles. The number of halogens is 3. The number of nitrogens with zero attached hydrogens (tertiary/aromatic N) is 1. The van der Waals surface area contributed by atoms with Gasteiger partial charge in [-0.1, -0.05) is 57.3 Å². The van der Waals surface area contributed by atoms with Gasteiger partial charge in [0, 0.05) is 20.1 Å². The molecule has 1 saturated heterocycles. The third kappa shape index (κ3) is 3.04. The molecule has 1 fully saturated rings. The second-order valence-corrected chi connectivity index (χ2v) is 7.46. The maximum Gasteiger partial charge on any atom is 0.325 e. The predicted octanol–water partition coefficient (Wildman–Crippen LogP) is 4.72. The number of amides is 3. The lowest BCUT2D eigenvalue weighted by Gasteiger charge is -2.23. The van der Waals surface area contributed by atoms with E-state index >= 15 is 0 Å². The fraction of sp³-hybridized carbons (Fsp3) is 0.176. The minimum absolute atomic E-state index is 0.193. The fourth-order valence-corrected chi connectivity index (χ4v) is 3.55. The molecule has 0 aromatic heterocycles. The molecule has 124 valence electrons. The summed E-state index contributed by atoms with van der Waals surface area (Å²) >= 11 is 15.5. The Morgan fingerprint density at radius 3 is 2.42 bits per heavy atom. The number of benzene rings is 2. The van der Waals surface area contributed by atoms with Crippen molar-refractivity contribution in [3.63, 3.8) is 0 Å². The highest BCUT2D eigenvalue weighted by atomic mass is 79.9. The average molecular weight is 428 g/mol. The first-order valence-corrected chi connectivity index (χ1v) is 8.70. The number of carbonyl (C=O) groups is 2. The summed E-state index contributed by atoms with van der Waals surface area (Å²) < 4.78 is 0.932. The first-order valence-electron chi connectivity index (χ1n) is 7.15. The molecule has 4 nitrogen and oxygen atoms in total. The lowest BCUT2D eigenvalue weighted by molar-refractivity contribution is -0.131. The van der Waals surface area contributed by atoms with Crippen molar-refractivity contribution in [2.45, 2.75) is 19.0 Å². The molecular formula is C17H13BrCl2N2O2. The van der Waals surface area contributed by atoms with E-state index in [0.29, 0.717) is 15.6 Å². The van der Waals surface area contributed by atoms with Gasteiger partial charge in [0.1, 0.15) is 5.54 Å². The van der Waals surface area contributed by atoms with Crippen LogP contribution in [0.4, 0.5) is 4.79 Å². The quantitative estimate of drug-likeness (QED) is 0.720. The van der Waals surface area contributed by atoms with Crippen LogP contribution >= 0.6 is 39.1 Å². The monoisotopic (exact) mass is 426 g/mol. The first kappa shape index (κ1) is 17.3. The number of hydrogen-bond donors (Lipinski definition) is 1. The third-order valence-corrected chi connectivity index (χ3v) is 5.08. The Kier molecular flexibility index (Phi) is 4.60. The smallest absolute Gasteiger partial charge is 0.319 e. The summed E-state index contributed by atoms with van der Waals surface area (Å²) in [6.07, 6.45) is 0. The van der Waals surface area contributed by atoms with Crippen LogP contribution in [0.1, 0.15) is 18.1 Å². The fourth-order valence-electron chi connectivity index (χ4n) is 2.69. The second kappa shape index (κ2) is 6.39. The van der Waals surface area contributed by atoms with Crippen LogP contribution in [0.2, 0.25) is 10.0 Å². The van der Waals surface area contributed by atoms with Crippen molar-refractivity contribution in [3.8, 4) is 0 Å². The molecule has 3 rings (SSSR count). The summed E-state index contributed by atoms with van der Waals surface area (Å²) in [5, 5.41) is 3.54. The third-order valence-electron chi connectivity index (χ3n) is 4.00. The largest absolute Gasteiger partial charge is 0.325 e. The predicted molar refractivity (Wildman–Crippen MR) is 97.0 cm³/mol. The van der Waals surface area contributed by atoms with Crippen LogP contribution in [0.25, 0.3) is 0 Å². The Morgan fingerprint density at radius 1 is 1.12 bits per heavy atom. The molecule has 0 spiro atoms. The van der Waals surface area contributed by atoms with Crippen molar-refractivity contribution in [2.24, 2.45) is 0 Å². The van der Waals surface area contributed by atoms with E-state index in [1.165, 1.54) is 4.90 Å². The summed E-state index contributed by atoms with van der Waals surface area (Å²) in [5.41, 5.74) is 0.159. The molecule has 2 aromatic rings. The molecule has 3 amide bonds. The molecule has 0 radical (unpaired) electrons. The molecule has 1 N–H and O–H groups in total. The van der Waals surface area contributed by atoms with Crippen molar-refractivity contribution < 1.29 is 9.59 Å². The van der Waals surface area contributed by atoms with Gasteiger partial charge in [-0.25, -0.2) is 4.79 Å². The summed E-state index contributed by atoms with van der Waals surface area (Å²) in [5.74, 6) is -0.348. The van der Waals surface area contributed by atoms with Gasteiger partial charge < -0.3 is 5.32 Å². The first-order chi connectivity index (χ1) is 11.3. The molecule has 0 bridgehead atoms. The summed E-state index contributed by atoms with van der Waals surface area (Å²) in [4.78, 5) is 26.4. The minimum atomic E-state index is -1.21. The van der Waals surface area contributed by atoms with Gasteiger partial charge in [-0.15, -0.1) is 0 Å². The molecule has 24 heavy (non-hydrogen) atoms. The van der Waals surface area contributed by atoms with E-state index < -0.39 is 11.6 Å². The molecule has 1 aliphatic rings. The van der Waals surface area contributed by atoms with Gasteiger partial charge >= 0.3 is 6.03 Å². The van der Waals surface area contributed by atoms with Gasteiger partial charge in [0.15, 0.2) is 0 Å². The van der Waals surface area contributed by atoms with Crippen molar-refractivity contribution in [1.29, 1.82) is 0 Å². The number of urea groups is 1. The lowest BCUT2D eigenvalue weighted by Crippen LogP contribution is -2.41. The average Bonchev–Trinajstić information content (AvgIpc) is 2.73. The highest BCUT2D eigenvalue weighted by Gasteiger charge is 2.49. The zero-order valence-electron chi connectivity index (χ0n) is 12.6. The number of nitrogens with one attached hydrogen (secondary N) is 1. The van der Waals surface area contributed by atoms with Gasteiger partial charge in [0.2, 0.25) is 0 Å². The van der Waals surface area contributed by atoms with E-state index in [9.17, 15) is 9.59 Å². The van der Waals surface area contributed by atoms with Crippen LogP contribution in [0, 0.1) is 0 Å². The van der Waals surface area contributed by atoms with E-state index in [4.69, 9.17) is 23.2 Å². The van der Waals surface area contributed by atoms with E-state index in [2.05, 4.69) is 21.2 Å². The summed E-state index contributed by atoms with van der Waals surface area (Å²) in [6.45, 7) is 1.84. The molecular weight excluding hydrogens is 415 g/mol. The number of imide groups is 1. The summed E-state index contributed by atoms with van der Waals surface area (Å²) in [6, 6.07) is 11.9. The Labute approximate surface area is 157 Å². The molecule has 7 heteroatoms. The lowest BCUT2D eigenvalue weighted by atomic mass is 9.92. The Bertz CT molecular complexity index is 826. The van der Waals surface area contributed by atoms with E-state index in [1.807, 2.05) is 24.3 Å². The van der Waals surface area contributed by atoms with Gasteiger partial charge in [-0.3, -0.25) is 9.69 Å². The number of rotatable bonds is 3. The molecule has 0 aliphatic carbocycles. The Morgan fingerprint density at radius 2 is 1.79 bits per heavy atom. The zero-order chi connectivity index (χ0) is 17.5. The van der Waals surface area contributed by atoms with Crippen molar-refractivity contribution in [3.05, 3.63) is 68.1 Å². The maximum absolute atomic E-state index is 12.9.